The van der Waals surface area contributed by atoms with Crippen LogP contribution >= 0.6 is 0 Å². The van der Waals surface area contributed by atoms with E-state index < -0.39 is 0 Å². The van der Waals surface area contributed by atoms with E-state index >= 15 is 0 Å². The lowest BCUT2D eigenvalue weighted by Crippen LogP contribution is -2.21. The number of carbonyl (C=O) groups is 1. The standard InChI is InChI=1S/C16H20N4O/c1-11-5-10-14(19-15(11)17-2)18-13-8-6-12(7-9-13)16(21)20(3)4/h5-10H,1-4H3,(H2,17,18,19). The van der Waals surface area contributed by atoms with Crippen LogP contribution in [0.5, 0.6) is 0 Å². The first kappa shape index (κ1) is 14.8. The van der Waals surface area contributed by atoms with E-state index in [4.69, 9.17) is 0 Å². The molecule has 1 heterocycles. The molecule has 1 aromatic carbocycles. The molecule has 0 spiro atoms. The molecular formula is C16H20N4O. The normalized spacial score (nSPS) is 10.1. The number of hydrogen-bond acceptors (Lipinski definition) is 4. The monoisotopic (exact) mass is 284 g/mol. The van der Waals surface area contributed by atoms with Gasteiger partial charge in [-0.3, -0.25) is 4.79 Å². The van der Waals surface area contributed by atoms with Crippen molar-refractivity contribution < 1.29 is 4.79 Å². The number of anilines is 3. The fourth-order valence-corrected chi connectivity index (χ4v) is 1.95. The molecule has 1 amide bonds. The van der Waals surface area contributed by atoms with E-state index in [1.165, 1.54) is 0 Å². The van der Waals surface area contributed by atoms with Crippen molar-refractivity contribution in [3.63, 3.8) is 0 Å². The quantitative estimate of drug-likeness (QED) is 0.906. The predicted molar refractivity (Wildman–Crippen MR) is 86.3 cm³/mol. The largest absolute Gasteiger partial charge is 0.373 e. The molecule has 0 saturated carbocycles. The summed E-state index contributed by atoms with van der Waals surface area (Å²) in [6.07, 6.45) is 0. The summed E-state index contributed by atoms with van der Waals surface area (Å²) in [6.45, 7) is 2.00. The summed E-state index contributed by atoms with van der Waals surface area (Å²) in [5.41, 5.74) is 2.65. The topological polar surface area (TPSA) is 57.3 Å². The summed E-state index contributed by atoms with van der Waals surface area (Å²) in [6, 6.07) is 11.3. The lowest BCUT2D eigenvalue weighted by atomic mass is 10.2. The van der Waals surface area contributed by atoms with Gasteiger partial charge in [0.1, 0.15) is 11.6 Å². The maximum atomic E-state index is 11.8. The molecule has 5 nitrogen and oxygen atoms in total. The Morgan fingerprint density at radius 1 is 1.10 bits per heavy atom. The van der Waals surface area contributed by atoms with Gasteiger partial charge in [-0.05, 0) is 42.8 Å². The van der Waals surface area contributed by atoms with Crippen LogP contribution in [0.3, 0.4) is 0 Å². The molecule has 0 unspecified atom stereocenters. The molecular weight excluding hydrogens is 264 g/mol. The van der Waals surface area contributed by atoms with Crippen LogP contribution in [0.25, 0.3) is 0 Å². The van der Waals surface area contributed by atoms with Gasteiger partial charge in [-0.15, -0.1) is 0 Å². The van der Waals surface area contributed by atoms with Crippen LogP contribution < -0.4 is 10.6 Å². The number of nitrogens with zero attached hydrogens (tertiary/aromatic N) is 2. The molecule has 2 rings (SSSR count). The molecule has 0 atom stereocenters. The van der Waals surface area contributed by atoms with Gasteiger partial charge in [0.15, 0.2) is 0 Å². The van der Waals surface area contributed by atoms with E-state index in [0.29, 0.717) is 5.56 Å². The van der Waals surface area contributed by atoms with Gasteiger partial charge in [0.2, 0.25) is 0 Å². The van der Waals surface area contributed by atoms with Crippen molar-refractivity contribution in [1.29, 1.82) is 0 Å². The molecule has 1 aromatic heterocycles. The molecule has 2 aromatic rings. The summed E-state index contributed by atoms with van der Waals surface area (Å²) >= 11 is 0. The molecule has 110 valence electrons. The second-order valence-electron chi connectivity index (χ2n) is 5.01. The fourth-order valence-electron chi connectivity index (χ4n) is 1.95. The van der Waals surface area contributed by atoms with E-state index in [-0.39, 0.29) is 5.91 Å². The van der Waals surface area contributed by atoms with Gasteiger partial charge in [-0.25, -0.2) is 4.98 Å². The maximum absolute atomic E-state index is 11.8. The highest BCUT2D eigenvalue weighted by Crippen LogP contribution is 2.19. The third kappa shape index (κ3) is 3.51. The number of rotatable bonds is 4. The zero-order valence-electron chi connectivity index (χ0n) is 12.8. The first-order valence-electron chi connectivity index (χ1n) is 6.75. The number of hydrogen-bond donors (Lipinski definition) is 2. The van der Waals surface area contributed by atoms with Gasteiger partial charge < -0.3 is 15.5 Å². The van der Waals surface area contributed by atoms with Crippen LogP contribution in [-0.2, 0) is 0 Å². The van der Waals surface area contributed by atoms with E-state index in [0.717, 1.165) is 22.9 Å². The highest BCUT2D eigenvalue weighted by atomic mass is 16.2. The Labute approximate surface area is 125 Å². The van der Waals surface area contributed by atoms with E-state index in [9.17, 15) is 4.79 Å². The Kier molecular flexibility index (Phi) is 4.42. The average molecular weight is 284 g/mol. The molecule has 5 heteroatoms. The Hall–Kier alpha value is -2.56. The van der Waals surface area contributed by atoms with Gasteiger partial charge >= 0.3 is 0 Å². The van der Waals surface area contributed by atoms with Crippen molar-refractivity contribution in [3.8, 4) is 0 Å². The molecule has 0 radical (unpaired) electrons. The maximum Gasteiger partial charge on any atom is 0.253 e. The van der Waals surface area contributed by atoms with Crippen molar-refractivity contribution in [2.45, 2.75) is 6.92 Å². The van der Waals surface area contributed by atoms with Crippen LogP contribution in [0.2, 0.25) is 0 Å². The van der Waals surface area contributed by atoms with Crippen LogP contribution in [0, 0.1) is 6.92 Å². The van der Waals surface area contributed by atoms with Gasteiger partial charge in [-0.1, -0.05) is 6.07 Å². The van der Waals surface area contributed by atoms with Crippen LogP contribution in [0.1, 0.15) is 15.9 Å². The second-order valence-corrected chi connectivity index (χ2v) is 5.01. The third-order valence-electron chi connectivity index (χ3n) is 3.14. The summed E-state index contributed by atoms with van der Waals surface area (Å²) < 4.78 is 0. The Morgan fingerprint density at radius 2 is 1.76 bits per heavy atom. The number of aromatic nitrogens is 1. The highest BCUT2D eigenvalue weighted by Gasteiger charge is 2.07. The number of carbonyl (C=O) groups excluding carboxylic acids is 1. The minimum Gasteiger partial charge on any atom is -0.373 e. The first-order valence-corrected chi connectivity index (χ1v) is 6.75. The molecule has 0 fully saturated rings. The first-order chi connectivity index (χ1) is 10.0. The van der Waals surface area contributed by atoms with Gasteiger partial charge in [0, 0.05) is 32.4 Å². The van der Waals surface area contributed by atoms with Gasteiger partial charge in [0.05, 0.1) is 0 Å². The summed E-state index contributed by atoms with van der Waals surface area (Å²) in [7, 11) is 5.33. The van der Waals surface area contributed by atoms with Gasteiger partial charge in [0.25, 0.3) is 5.91 Å². The third-order valence-corrected chi connectivity index (χ3v) is 3.14. The number of pyridine rings is 1. The average Bonchev–Trinajstić information content (AvgIpc) is 2.49. The molecule has 0 aliphatic carbocycles. The smallest absolute Gasteiger partial charge is 0.253 e. The fraction of sp³-hybridized carbons (Fsp3) is 0.250. The summed E-state index contributed by atoms with van der Waals surface area (Å²) in [5, 5.41) is 6.28. The molecule has 0 aliphatic heterocycles. The zero-order chi connectivity index (χ0) is 15.4. The lowest BCUT2D eigenvalue weighted by molar-refractivity contribution is 0.0827. The Balaban J connectivity index is 2.15. The van der Waals surface area contributed by atoms with Crippen LogP contribution in [-0.4, -0.2) is 36.9 Å². The number of benzene rings is 1. The number of aryl methyl sites for hydroxylation is 1. The molecule has 0 bridgehead atoms. The molecule has 21 heavy (non-hydrogen) atoms. The van der Waals surface area contributed by atoms with Crippen molar-refractivity contribution in [2.24, 2.45) is 0 Å². The minimum absolute atomic E-state index is 0.00696. The van der Waals surface area contributed by atoms with Crippen molar-refractivity contribution in [3.05, 3.63) is 47.5 Å². The number of amides is 1. The molecule has 0 aliphatic rings. The molecule has 2 N–H and O–H groups in total. The van der Waals surface area contributed by atoms with Crippen LogP contribution in [0.4, 0.5) is 17.3 Å². The second kappa shape index (κ2) is 6.26. The van der Waals surface area contributed by atoms with Crippen LogP contribution in [0.15, 0.2) is 36.4 Å². The summed E-state index contributed by atoms with van der Waals surface area (Å²) in [5.74, 6) is 1.60. The Morgan fingerprint density at radius 3 is 2.33 bits per heavy atom. The van der Waals surface area contributed by atoms with E-state index in [1.807, 2.05) is 38.2 Å². The molecule has 0 saturated heterocycles. The van der Waals surface area contributed by atoms with E-state index in [2.05, 4.69) is 15.6 Å². The lowest BCUT2D eigenvalue weighted by Gasteiger charge is -2.12. The Bertz CT molecular complexity index is 635. The van der Waals surface area contributed by atoms with Crippen molar-refractivity contribution >= 4 is 23.2 Å². The SMILES string of the molecule is CNc1nc(Nc2ccc(C(=O)N(C)C)cc2)ccc1C. The van der Waals surface area contributed by atoms with Crippen molar-refractivity contribution in [2.75, 3.05) is 31.8 Å². The van der Waals surface area contributed by atoms with Crippen molar-refractivity contribution in [1.82, 2.24) is 9.88 Å². The highest BCUT2D eigenvalue weighted by molar-refractivity contribution is 5.94. The van der Waals surface area contributed by atoms with E-state index in [1.54, 1.807) is 31.1 Å². The minimum atomic E-state index is -0.00696. The van der Waals surface area contributed by atoms with Gasteiger partial charge in [-0.2, -0.15) is 0 Å². The number of nitrogens with one attached hydrogen (secondary N) is 2. The predicted octanol–water partition coefficient (Wildman–Crippen LogP) is 2.88. The summed E-state index contributed by atoms with van der Waals surface area (Å²) in [4.78, 5) is 17.9. The zero-order valence-corrected chi connectivity index (χ0v) is 12.8.